The zero-order valence-corrected chi connectivity index (χ0v) is 21.9. The second-order valence-electron chi connectivity index (χ2n) is 5.92. The molecule has 144 valence electrons. The van der Waals surface area contributed by atoms with E-state index in [-0.39, 0.29) is 63.5 Å². The number of ether oxygens (including phenoxy) is 1. The number of carbonyl (C=O) groups excluding carboxylic acids is 2. The molecular weight excluding hydrogens is 546 g/mol. The molecule has 2 N–H and O–H groups in total. The first kappa shape index (κ1) is 24.3. The minimum Gasteiger partial charge on any atom is -0.548 e. The second-order valence-corrected chi connectivity index (χ2v) is 9.67. The number of carboxylic acids is 1. The van der Waals surface area contributed by atoms with Crippen LogP contribution in [0.5, 0.6) is 5.75 Å². The molecule has 0 aliphatic carbocycles. The molecule has 0 radical (unpaired) electrons. The smallest absolute Gasteiger partial charge is 0.548 e. The van der Waals surface area contributed by atoms with Crippen LogP contribution in [0.3, 0.4) is 0 Å². The van der Waals surface area contributed by atoms with E-state index in [1.165, 1.54) is 17.4 Å². The fourth-order valence-electron chi connectivity index (χ4n) is 2.78. The Kier molecular flexibility index (Phi) is 9.40. The Bertz CT molecular complexity index is 896. The number of hydrogen-bond acceptors (Lipinski definition) is 5. The van der Waals surface area contributed by atoms with Crippen LogP contribution in [0.2, 0.25) is 0 Å². The number of halogens is 3. The molecule has 2 heterocycles. The number of hydrogen-bond donors (Lipinski definition) is 2. The standard InChI is InChI=1S/C17H15Br2FN2O4S.K/c18-13-6-9(15(19)27-13)5-12(16(23)24)22-17(25)21-11-7-10(20)4-8-2-1-3-26-14(8)11;/h4,6-7,12H,1-3,5H2,(H,23,24)(H2,21,22,25);/q;+1/p-1. The number of nitrogens with one attached hydrogen (secondary N) is 2. The number of amides is 2. The molecule has 1 aliphatic heterocycles. The number of benzene rings is 1. The van der Waals surface area contributed by atoms with Gasteiger partial charge in [-0.15, -0.1) is 11.3 Å². The van der Waals surface area contributed by atoms with E-state index in [0.29, 0.717) is 29.9 Å². The van der Waals surface area contributed by atoms with Crippen LogP contribution in [0, 0.1) is 5.82 Å². The van der Waals surface area contributed by atoms with Crippen LogP contribution in [0.25, 0.3) is 0 Å². The van der Waals surface area contributed by atoms with Gasteiger partial charge in [0.1, 0.15) is 11.6 Å². The van der Waals surface area contributed by atoms with Crippen molar-refractivity contribution in [3.63, 3.8) is 0 Å². The molecule has 28 heavy (non-hydrogen) atoms. The van der Waals surface area contributed by atoms with Crippen molar-refractivity contribution in [2.45, 2.75) is 25.3 Å². The van der Waals surface area contributed by atoms with Crippen LogP contribution < -0.4 is 71.9 Å². The van der Waals surface area contributed by atoms with Crippen LogP contribution in [-0.2, 0) is 17.6 Å². The number of carboxylic acid groups (broad SMARTS) is 1. The van der Waals surface area contributed by atoms with Gasteiger partial charge in [-0.1, -0.05) is 0 Å². The van der Waals surface area contributed by atoms with Gasteiger partial charge in [-0.2, -0.15) is 0 Å². The summed E-state index contributed by atoms with van der Waals surface area (Å²) in [5.74, 6) is -1.51. The summed E-state index contributed by atoms with van der Waals surface area (Å²) in [6.07, 6.45) is 1.45. The van der Waals surface area contributed by atoms with Crippen molar-refractivity contribution in [3.05, 3.63) is 42.7 Å². The number of carbonyl (C=O) groups is 2. The summed E-state index contributed by atoms with van der Waals surface area (Å²) in [6, 6.07) is 2.24. The Hall–Kier alpha value is -0.0136. The van der Waals surface area contributed by atoms with Gasteiger partial charge in [0.05, 0.1) is 31.9 Å². The summed E-state index contributed by atoms with van der Waals surface area (Å²) in [7, 11) is 0. The minimum absolute atomic E-state index is 0. The quantitative estimate of drug-likeness (QED) is 0.513. The number of anilines is 1. The molecule has 0 spiro atoms. The number of aliphatic carboxylic acids is 1. The van der Waals surface area contributed by atoms with E-state index >= 15 is 0 Å². The summed E-state index contributed by atoms with van der Waals surface area (Å²) in [5.41, 5.74) is 1.55. The van der Waals surface area contributed by atoms with Crippen molar-refractivity contribution in [3.8, 4) is 5.75 Å². The van der Waals surface area contributed by atoms with Crippen LogP contribution in [-0.4, -0.2) is 24.6 Å². The Morgan fingerprint density at radius 3 is 2.71 bits per heavy atom. The molecule has 1 aromatic heterocycles. The number of rotatable bonds is 5. The van der Waals surface area contributed by atoms with E-state index in [1.807, 2.05) is 0 Å². The van der Waals surface area contributed by atoms with E-state index in [0.717, 1.165) is 20.1 Å². The number of urea groups is 1. The SMILES string of the molecule is O=C(Nc1cc(F)cc2c1OCCC2)NC(Cc1cc(Br)sc1Br)C(=O)[O-].[K+]. The summed E-state index contributed by atoms with van der Waals surface area (Å²) in [4.78, 5) is 23.7. The third-order valence-electron chi connectivity index (χ3n) is 3.96. The van der Waals surface area contributed by atoms with Gasteiger partial charge in [-0.3, -0.25) is 0 Å². The van der Waals surface area contributed by atoms with Crippen LogP contribution in [0.1, 0.15) is 17.5 Å². The van der Waals surface area contributed by atoms with Crippen LogP contribution >= 0.6 is 43.2 Å². The summed E-state index contributed by atoms with van der Waals surface area (Å²) in [5, 5.41) is 16.3. The Labute approximate surface area is 224 Å². The molecule has 0 bridgehead atoms. The normalized spacial score (nSPS) is 13.5. The van der Waals surface area contributed by atoms with Crippen LogP contribution in [0.4, 0.5) is 14.9 Å². The minimum atomic E-state index is -1.42. The maximum atomic E-state index is 13.8. The van der Waals surface area contributed by atoms with Gasteiger partial charge in [-0.05, 0) is 68.0 Å². The van der Waals surface area contributed by atoms with E-state index < -0.39 is 23.9 Å². The maximum Gasteiger partial charge on any atom is 1.00 e. The Morgan fingerprint density at radius 2 is 2.07 bits per heavy atom. The van der Waals surface area contributed by atoms with Gasteiger partial charge in [0, 0.05) is 12.5 Å². The van der Waals surface area contributed by atoms with Gasteiger partial charge < -0.3 is 25.3 Å². The molecule has 2 aromatic rings. The fraction of sp³-hybridized carbons (Fsp3) is 0.294. The fourth-order valence-corrected chi connectivity index (χ4v) is 5.64. The molecule has 0 saturated carbocycles. The third kappa shape index (κ3) is 6.24. The van der Waals surface area contributed by atoms with Gasteiger partial charge in [0.25, 0.3) is 0 Å². The molecule has 3 rings (SSSR count). The largest absolute Gasteiger partial charge is 1.00 e. The van der Waals surface area contributed by atoms with Gasteiger partial charge in [0.15, 0.2) is 0 Å². The first-order valence-corrected chi connectivity index (χ1v) is 10.4. The molecule has 1 aromatic carbocycles. The predicted octanol–water partition coefficient (Wildman–Crippen LogP) is 0.224. The third-order valence-corrected chi connectivity index (χ3v) is 6.42. The Balaban J connectivity index is 0.00000280. The van der Waals surface area contributed by atoms with Crippen molar-refractivity contribution in [2.75, 3.05) is 11.9 Å². The molecular formula is C17H14Br2FKN2O4S. The number of aryl methyl sites for hydroxylation is 1. The van der Waals surface area contributed by atoms with Gasteiger partial charge in [0.2, 0.25) is 0 Å². The first-order valence-electron chi connectivity index (χ1n) is 8.01. The molecule has 11 heteroatoms. The monoisotopic (exact) mass is 558 g/mol. The Morgan fingerprint density at radius 1 is 1.32 bits per heavy atom. The molecule has 2 amide bonds. The first-order chi connectivity index (χ1) is 12.8. The van der Waals surface area contributed by atoms with E-state index in [1.54, 1.807) is 6.07 Å². The number of fused-ring (bicyclic) bond motifs is 1. The molecule has 0 fully saturated rings. The number of thiophene rings is 1. The van der Waals surface area contributed by atoms with Crippen molar-refractivity contribution in [2.24, 2.45) is 0 Å². The van der Waals surface area contributed by atoms with E-state index in [2.05, 4.69) is 42.5 Å². The van der Waals surface area contributed by atoms with Gasteiger partial charge in [-0.25, -0.2) is 9.18 Å². The molecule has 0 saturated heterocycles. The molecule has 6 nitrogen and oxygen atoms in total. The predicted molar refractivity (Wildman–Crippen MR) is 105 cm³/mol. The molecule has 1 atom stereocenters. The van der Waals surface area contributed by atoms with E-state index in [4.69, 9.17) is 4.74 Å². The average molecular weight is 560 g/mol. The molecule has 1 aliphatic rings. The molecule has 1 unspecified atom stereocenters. The van der Waals surface area contributed by atoms with E-state index in [9.17, 15) is 19.1 Å². The van der Waals surface area contributed by atoms with Crippen LogP contribution in [0.15, 0.2) is 25.8 Å². The average Bonchev–Trinajstić information content (AvgIpc) is 2.91. The maximum absolute atomic E-state index is 13.8. The zero-order chi connectivity index (χ0) is 19.6. The zero-order valence-electron chi connectivity index (χ0n) is 14.8. The summed E-state index contributed by atoms with van der Waals surface area (Å²) in [6.45, 7) is 0.470. The van der Waals surface area contributed by atoms with Crippen molar-refractivity contribution >= 4 is 60.9 Å². The van der Waals surface area contributed by atoms with Crippen molar-refractivity contribution < 1.29 is 75.2 Å². The van der Waals surface area contributed by atoms with Crippen molar-refractivity contribution in [1.29, 1.82) is 0 Å². The topological polar surface area (TPSA) is 90.5 Å². The second kappa shape index (κ2) is 10.8. The summed E-state index contributed by atoms with van der Waals surface area (Å²) < 4.78 is 20.9. The van der Waals surface area contributed by atoms with Crippen molar-refractivity contribution in [1.82, 2.24) is 5.32 Å². The van der Waals surface area contributed by atoms with Gasteiger partial charge >= 0.3 is 57.4 Å². The summed E-state index contributed by atoms with van der Waals surface area (Å²) >= 11 is 8.07.